The third kappa shape index (κ3) is 6.99. The van der Waals surface area contributed by atoms with Crippen molar-refractivity contribution in [1.29, 1.82) is 0 Å². The maximum Gasteiger partial charge on any atom is 0.179 e. The number of para-hydroxylation sites is 2. The van der Waals surface area contributed by atoms with E-state index >= 15 is 0 Å². The van der Waals surface area contributed by atoms with Gasteiger partial charge in [-0.05, 0) is 116 Å². The van der Waals surface area contributed by atoms with Crippen LogP contribution in [0.5, 0.6) is 0 Å². The molecule has 0 N–H and O–H groups in total. The molecule has 0 radical (unpaired) electrons. The Morgan fingerprint density at radius 3 is 1.62 bits per heavy atom. The molecule has 0 atom stereocenters. The van der Waals surface area contributed by atoms with Crippen LogP contribution in [0.4, 0.5) is 0 Å². The van der Waals surface area contributed by atoms with Crippen LogP contribution in [0, 0.1) is 0 Å². The second-order valence-corrected chi connectivity index (χ2v) is 22.3. The minimum absolute atomic E-state index is 0.0740. The molecule has 0 amide bonds. The van der Waals surface area contributed by atoms with Gasteiger partial charge in [-0.25, -0.2) is 0 Å². The lowest BCUT2D eigenvalue weighted by atomic mass is 9.84. The Morgan fingerprint density at radius 2 is 0.913 bits per heavy atom. The van der Waals surface area contributed by atoms with Gasteiger partial charge >= 0.3 is 0 Å². The summed E-state index contributed by atoms with van der Waals surface area (Å²) in [5, 5.41) is 6.71. The Hall–Kier alpha value is -7.98. The summed E-state index contributed by atoms with van der Waals surface area (Å²) >= 11 is 0. The van der Waals surface area contributed by atoms with Crippen LogP contribution in [0.3, 0.4) is 0 Å². The SMILES string of the molecule is [2H]c1c([2H])c([2H])c2c(c1[2H])c1c([2H])c(-n3c4ccccc4c4ccc(C5CCCCC5)cc43)c([2H])c([2H])c1n2-c1cccc([Si](c2ccccc2)(c2cccc(-c3ccccc3)c2)c2cccc(-c3ccccc3)c2)c1. The lowest BCUT2D eigenvalue weighted by Gasteiger charge is -2.35. The third-order valence-corrected chi connectivity index (χ3v) is 19.4. The summed E-state index contributed by atoms with van der Waals surface area (Å²) in [5.41, 5.74) is 8.32. The van der Waals surface area contributed by atoms with Crippen molar-refractivity contribution in [3.05, 3.63) is 254 Å². The summed E-state index contributed by atoms with van der Waals surface area (Å²) in [7, 11) is -3.39. The molecule has 10 aromatic carbocycles. The highest BCUT2D eigenvalue weighted by Gasteiger charge is 2.42. The largest absolute Gasteiger partial charge is 0.309 e. The van der Waals surface area contributed by atoms with E-state index in [2.05, 4.69) is 158 Å². The van der Waals surface area contributed by atoms with Crippen molar-refractivity contribution < 1.29 is 9.60 Å². The average Bonchev–Trinajstić information content (AvgIpc) is 4.22. The van der Waals surface area contributed by atoms with Gasteiger partial charge in [0.25, 0.3) is 0 Å². The molecule has 12 aromatic rings. The number of rotatable bonds is 9. The van der Waals surface area contributed by atoms with Crippen molar-refractivity contribution in [2.75, 3.05) is 0 Å². The van der Waals surface area contributed by atoms with Gasteiger partial charge in [-0.1, -0.05) is 219 Å². The van der Waals surface area contributed by atoms with Gasteiger partial charge < -0.3 is 9.13 Å². The zero-order valence-electron chi connectivity index (χ0n) is 45.1. The fourth-order valence-corrected chi connectivity index (χ4v) is 16.3. The molecule has 1 aliphatic carbocycles. The maximum atomic E-state index is 10.4. The van der Waals surface area contributed by atoms with E-state index in [1.165, 1.54) is 24.8 Å². The predicted octanol–water partition coefficient (Wildman–Crippen LogP) is 14.6. The zero-order valence-corrected chi connectivity index (χ0v) is 39.1. The zero-order chi connectivity index (χ0) is 51.8. The number of hydrogen-bond acceptors (Lipinski definition) is 0. The first-order valence-corrected chi connectivity index (χ1v) is 26.2. The molecule has 69 heavy (non-hydrogen) atoms. The first-order chi connectivity index (χ1) is 37.1. The maximum absolute atomic E-state index is 10.4. The molecule has 0 bridgehead atoms. The molecule has 2 aromatic heterocycles. The van der Waals surface area contributed by atoms with Crippen molar-refractivity contribution in [3.8, 4) is 33.6 Å². The Labute approximate surface area is 415 Å². The standard InChI is InChI=1S/C66H52N2Si/c1-5-20-47(21-6-1)50-26-17-31-56(42-50)69(55-29-11-4-12-30-55,57-32-18-27-51(43-57)48-22-7-2-8-23-48)58-33-19-28-53(45-58)67-64-37-16-14-35-60(64)62-46-54(39-41-65(62)67)68-63-36-15-13-34-59(63)61-40-38-52(44-66(61)68)49-24-9-3-10-25-49/h1-2,4-8,11-23,26-46,49H,3,9-10,24-25H2/i14D,16D,35D,37D,39D,41D,46D. The number of aromatic nitrogens is 2. The second-order valence-electron chi connectivity index (χ2n) is 18.5. The van der Waals surface area contributed by atoms with Gasteiger partial charge in [0.1, 0.15) is 0 Å². The molecule has 1 aliphatic rings. The summed E-state index contributed by atoms with van der Waals surface area (Å²) in [5.74, 6) is 0.402. The summed E-state index contributed by atoms with van der Waals surface area (Å²) in [6, 6.07) is 70.2. The minimum Gasteiger partial charge on any atom is -0.309 e. The van der Waals surface area contributed by atoms with E-state index in [1.807, 2.05) is 53.1 Å². The van der Waals surface area contributed by atoms with E-state index in [1.54, 1.807) is 4.57 Å². The van der Waals surface area contributed by atoms with Crippen LogP contribution in [-0.2, 0) is 0 Å². The van der Waals surface area contributed by atoms with E-state index in [0.29, 0.717) is 11.6 Å². The molecule has 0 saturated heterocycles. The molecule has 1 fully saturated rings. The normalized spacial score (nSPS) is 14.9. The average molecular weight is 908 g/mol. The van der Waals surface area contributed by atoms with Gasteiger partial charge in [-0.15, -0.1) is 0 Å². The predicted molar refractivity (Wildman–Crippen MR) is 295 cm³/mol. The van der Waals surface area contributed by atoms with Gasteiger partial charge in [0.2, 0.25) is 0 Å². The highest BCUT2D eigenvalue weighted by atomic mass is 28.3. The highest BCUT2D eigenvalue weighted by Crippen LogP contribution is 2.40. The molecule has 0 unspecified atom stereocenters. The van der Waals surface area contributed by atoms with Crippen LogP contribution in [0.2, 0.25) is 0 Å². The van der Waals surface area contributed by atoms with Crippen molar-refractivity contribution >= 4 is 72.4 Å². The second kappa shape index (κ2) is 17.3. The third-order valence-electron chi connectivity index (χ3n) is 14.7. The number of hydrogen-bond donors (Lipinski definition) is 0. The van der Waals surface area contributed by atoms with Gasteiger partial charge in [0.05, 0.1) is 31.7 Å². The first kappa shape index (κ1) is 34.3. The van der Waals surface area contributed by atoms with Crippen molar-refractivity contribution in [3.63, 3.8) is 0 Å². The highest BCUT2D eigenvalue weighted by molar-refractivity contribution is 7.20. The Morgan fingerprint density at radius 1 is 0.362 bits per heavy atom. The monoisotopic (exact) mass is 907 g/mol. The van der Waals surface area contributed by atoms with Crippen molar-refractivity contribution in [2.45, 2.75) is 38.0 Å². The quantitative estimate of drug-likeness (QED) is 0.101. The molecule has 13 rings (SSSR count). The molecule has 330 valence electrons. The Kier molecular flexibility index (Phi) is 8.59. The smallest absolute Gasteiger partial charge is 0.179 e. The van der Waals surface area contributed by atoms with Crippen LogP contribution in [0.25, 0.3) is 77.2 Å². The van der Waals surface area contributed by atoms with Gasteiger partial charge in [-0.2, -0.15) is 0 Å². The van der Waals surface area contributed by atoms with Crippen molar-refractivity contribution in [1.82, 2.24) is 9.13 Å². The molecule has 0 aliphatic heterocycles. The summed E-state index contributed by atoms with van der Waals surface area (Å²) in [6.07, 6.45) is 5.79. The minimum atomic E-state index is -3.39. The Bertz CT molecular complexity index is 4160. The molecule has 0 spiro atoms. The van der Waals surface area contributed by atoms with Gasteiger partial charge in [0.15, 0.2) is 8.07 Å². The van der Waals surface area contributed by atoms with Gasteiger partial charge in [-0.3, -0.25) is 0 Å². The molecular weight excluding hydrogens is 849 g/mol. The summed E-state index contributed by atoms with van der Waals surface area (Å²) in [6.45, 7) is 0. The fourth-order valence-electron chi connectivity index (χ4n) is 11.5. The first-order valence-electron chi connectivity index (χ1n) is 27.7. The molecular formula is C66H52N2Si. The summed E-state index contributed by atoms with van der Waals surface area (Å²) < 4.78 is 71.8. The summed E-state index contributed by atoms with van der Waals surface area (Å²) in [4.78, 5) is 0. The topological polar surface area (TPSA) is 9.86 Å². The van der Waals surface area contributed by atoms with Crippen LogP contribution >= 0.6 is 0 Å². The lowest BCUT2D eigenvalue weighted by molar-refractivity contribution is 0.444. The van der Waals surface area contributed by atoms with Crippen LogP contribution in [0.15, 0.2) is 249 Å². The van der Waals surface area contributed by atoms with E-state index in [-0.39, 0.29) is 57.7 Å². The number of fused-ring (bicyclic) bond motifs is 6. The Balaban J connectivity index is 1.12. The van der Waals surface area contributed by atoms with Crippen molar-refractivity contribution in [2.24, 2.45) is 0 Å². The van der Waals surface area contributed by atoms with E-state index < -0.39 is 20.2 Å². The fraction of sp³-hybridized carbons (Fsp3) is 0.0909. The number of benzene rings is 10. The molecule has 2 nitrogen and oxygen atoms in total. The molecule has 3 heteroatoms. The lowest BCUT2D eigenvalue weighted by Crippen LogP contribution is -2.74. The van der Waals surface area contributed by atoms with E-state index in [0.717, 1.165) is 77.6 Å². The van der Waals surface area contributed by atoms with E-state index in [4.69, 9.17) is 2.74 Å². The van der Waals surface area contributed by atoms with E-state index in [9.17, 15) is 6.85 Å². The van der Waals surface area contributed by atoms with Crippen LogP contribution in [-0.4, -0.2) is 17.2 Å². The van der Waals surface area contributed by atoms with Crippen LogP contribution in [0.1, 0.15) is 53.2 Å². The van der Waals surface area contributed by atoms with Crippen LogP contribution < -0.4 is 20.7 Å². The van der Waals surface area contributed by atoms with Gasteiger partial charge in [0, 0.05) is 32.9 Å². The molecule has 2 heterocycles. The molecule has 1 saturated carbocycles. The number of nitrogens with zero attached hydrogens (tertiary/aromatic N) is 2.